The zero-order valence-electron chi connectivity index (χ0n) is 14.4. The second-order valence-corrected chi connectivity index (χ2v) is 6.18. The van der Waals surface area contributed by atoms with Crippen molar-refractivity contribution in [1.82, 2.24) is 9.47 Å². The van der Waals surface area contributed by atoms with Crippen molar-refractivity contribution in [2.75, 3.05) is 31.6 Å². The largest absolute Gasteiger partial charge is 0.378 e. The smallest absolute Gasteiger partial charge is 0.256 e. The fourth-order valence-electron chi connectivity index (χ4n) is 2.93. The van der Waals surface area contributed by atoms with Gasteiger partial charge in [-0.2, -0.15) is 0 Å². The Hall–Kier alpha value is -2.60. The number of anilines is 1. The van der Waals surface area contributed by atoms with Crippen LogP contribution in [0.4, 0.5) is 5.69 Å². The lowest BCUT2D eigenvalue weighted by atomic mass is 10.1. The summed E-state index contributed by atoms with van der Waals surface area (Å²) in [5.41, 5.74) is 1.08. The lowest BCUT2D eigenvalue weighted by Crippen LogP contribution is -2.41. The molecule has 1 saturated heterocycles. The molecule has 1 aromatic carbocycles. The molecule has 0 spiro atoms. The summed E-state index contributed by atoms with van der Waals surface area (Å²) in [5, 5.41) is 2.89. The fraction of sp³-hybridized carbons (Fsp3) is 0.368. The maximum absolute atomic E-state index is 12.7. The van der Waals surface area contributed by atoms with Crippen molar-refractivity contribution in [3.8, 4) is 0 Å². The standard InChI is InChI=1S/C19H23N3O3/c1-15(21-8-4-5-9-21)14-18(23)20-17-7-3-2-6-16(17)19(24)22-10-12-25-13-11-22/h2-9,15H,10-14H2,1H3,(H,20,23)/t15-/m0/s1. The second kappa shape index (κ2) is 7.98. The van der Waals surface area contributed by atoms with Crippen molar-refractivity contribution in [3.05, 3.63) is 54.4 Å². The number of hydrogen-bond donors (Lipinski definition) is 1. The van der Waals surface area contributed by atoms with E-state index in [1.54, 1.807) is 17.0 Å². The number of para-hydroxylation sites is 1. The van der Waals surface area contributed by atoms with Crippen molar-refractivity contribution in [2.45, 2.75) is 19.4 Å². The maximum atomic E-state index is 12.7. The Morgan fingerprint density at radius 2 is 1.80 bits per heavy atom. The van der Waals surface area contributed by atoms with Gasteiger partial charge in [-0.05, 0) is 31.2 Å². The SMILES string of the molecule is C[C@@H](CC(=O)Nc1ccccc1C(=O)N1CCOCC1)n1cccc1. The predicted octanol–water partition coefficient (Wildman–Crippen LogP) is 2.55. The van der Waals surface area contributed by atoms with Gasteiger partial charge in [0.25, 0.3) is 5.91 Å². The molecule has 25 heavy (non-hydrogen) atoms. The number of ether oxygens (including phenoxy) is 1. The van der Waals surface area contributed by atoms with Crippen molar-refractivity contribution >= 4 is 17.5 Å². The van der Waals surface area contributed by atoms with Crippen molar-refractivity contribution in [3.63, 3.8) is 0 Å². The van der Waals surface area contributed by atoms with E-state index in [4.69, 9.17) is 4.74 Å². The van der Waals surface area contributed by atoms with Crippen LogP contribution in [0.15, 0.2) is 48.8 Å². The molecule has 1 atom stereocenters. The van der Waals surface area contributed by atoms with E-state index in [1.807, 2.05) is 48.1 Å². The van der Waals surface area contributed by atoms with Crippen LogP contribution in [0.3, 0.4) is 0 Å². The monoisotopic (exact) mass is 341 g/mol. The molecule has 0 radical (unpaired) electrons. The predicted molar refractivity (Wildman–Crippen MR) is 95.6 cm³/mol. The Morgan fingerprint density at radius 1 is 1.12 bits per heavy atom. The van der Waals surface area contributed by atoms with Gasteiger partial charge in [-0.15, -0.1) is 0 Å². The first kappa shape index (κ1) is 17.2. The van der Waals surface area contributed by atoms with Crippen LogP contribution in [0.25, 0.3) is 0 Å². The van der Waals surface area contributed by atoms with Gasteiger partial charge in [0.15, 0.2) is 0 Å². The number of amides is 2. The summed E-state index contributed by atoms with van der Waals surface area (Å²) >= 11 is 0. The summed E-state index contributed by atoms with van der Waals surface area (Å²) < 4.78 is 7.28. The zero-order valence-corrected chi connectivity index (χ0v) is 14.4. The minimum absolute atomic E-state index is 0.0529. The van der Waals surface area contributed by atoms with Gasteiger partial charge in [-0.3, -0.25) is 9.59 Å². The minimum Gasteiger partial charge on any atom is -0.378 e. The molecule has 1 aliphatic heterocycles. The first-order valence-corrected chi connectivity index (χ1v) is 8.53. The molecule has 1 fully saturated rings. The number of carbonyl (C=O) groups excluding carboxylic acids is 2. The summed E-state index contributed by atoms with van der Waals surface area (Å²) in [6, 6.07) is 11.1. The van der Waals surface area contributed by atoms with Crippen LogP contribution in [0.1, 0.15) is 29.7 Å². The molecule has 132 valence electrons. The van der Waals surface area contributed by atoms with Gasteiger partial charge >= 0.3 is 0 Å². The van der Waals surface area contributed by atoms with Crippen LogP contribution in [-0.2, 0) is 9.53 Å². The summed E-state index contributed by atoms with van der Waals surface area (Å²) in [5.74, 6) is -0.180. The normalized spacial score (nSPS) is 15.6. The highest BCUT2D eigenvalue weighted by Gasteiger charge is 2.21. The van der Waals surface area contributed by atoms with Crippen LogP contribution in [0.5, 0.6) is 0 Å². The lowest BCUT2D eigenvalue weighted by molar-refractivity contribution is -0.116. The molecule has 1 N–H and O–H groups in total. The summed E-state index contributed by atoms with van der Waals surface area (Å²) in [6.07, 6.45) is 4.22. The highest BCUT2D eigenvalue weighted by atomic mass is 16.5. The van der Waals surface area contributed by atoms with E-state index >= 15 is 0 Å². The number of nitrogens with one attached hydrogen (secondary N) is 1. The van der Waals surface area contributed by atoms with Gasteiger partial charge < -0.3 is 19.5 Å². The molecule has 6 nitrogen and oxygen atoms in total. The molecule has 1 aliphatic rings. The molecular formula is C19H23N3O3. The Morgan fingerprint density at radius 3 is 2.52 bits per heavy atom. The quantitative estimate of drug-likeness (QED) is 0.909. The maximum Gasteiger partial charge on any atom is 0.256 e. The third-order valence-corrected chi connectivity index (χ3v) is 4.35. The van der Waals surface area contributed by atoms with E-state index in [2.05, 4.69) is 5.32 Å². The minimum atomic E-state index is -0.108. The number of nitrogens with zero attached hydrogens (tertiary/aromatic N) is 2. The molecule has 0 saturated carbocycles. The van der Waals surface area contributed by atoms with Gasteiger partial charge in [0.2, 0.25) is 5.91 Å². The highest BCUT2D eigenvalue weighted by Crippen LogP contribution is 2.20. The van der Waals surface area contributed by atoms with Gasteiger partial charge in [-0.1, -0.05) is 12.1 Å². The van der Waals surface area contributed by atoms with E-state index in [0.29, 0.717) is 44.0 Å². The highest BCUT2D eigenvalue weighted by molar-refractivity contribution is 6.03. The van der Waals surface area contributed by atoms with E-state index in [0.717, 1.165) is 0 Å². The average molecular weight is 341 g/mol. The number of rotatable bonds is 5. The Kier molecular flexibility index (Phi) is 5.50. The van der Waals surface area contributed by atoms with Gasteiger partial charge in [0.05, 0.1) is 24.5 Å². The molecule has 0 bridgehead atoms. The molecule has 3 rings (SSSR count). The van der Waals surface area contributed by atoms with Crippen molar-refractivity contribution in [1.29, 1.82) is 0 Å². The fourth-order valence-corrected chi connectivity index (χ4v) is 2.93. The molecule has 6 heteroatoms. The van der Waals surface area contributed by atoms with Crippen LogP contribution in [-0.4, -0.2) is 47.6 Å². The molecule has 0 aliphatic carbocycles. The lowest BCUT2D eigenvalue weighted by Gasteiger charge is -2.27. The molecule has 2 aromatic rings. The van der Waals surface area contributed by atoms with Gasteiger partial charge in [0, 0.05) is 37.9 Å². The Labute approximate surface area is 147 Å². The van der Waals surface area contributed by atoms with Crippen molar-refractivity contribution < 1.29 is 14.3 Å². The summed E-state index contributed by atoms with van der Waals surface area (Å²) in [6.45, 7) is 4.24. The number of hydrogen-bond acceptors (Lipinski definition) is 3. The van der Waals surface area contributed by atoms with Crippen LogP contribution in [0.2, 0.25) is 0 Å². The van der Waals surface area contributed by atoms with E-state index in [9.17, 15) is 9.59 Å². The molecule has 2 amide bonds. The van der Waals surface area contributed by atoms with Crippen molar-refractivity contribution in [2.24, 2.45) is 0 Å². The first-order valence-electron chi connectivity index (χ1n) is 8.53. The van der Waals surface area contributed by atoms with E-state index in [1.165, 1.54) is 0 Å². The zero-order chi connectivity index (χ0) is 17.6. The molecule has 2 heterocycles. The first-order chi connectivity index (χ1) is 12.1. The van der Waals surface area contributed by atoms with E-state index in [-0.39, 0.29) is 17.9 Å². The number of benzene rings is 1. The number of morpholine rings is 1. The molecule has 0 unspecified atom stereocenters. The van der Waals surface area contributed by atoms with Crippen LogP contribution < -0.4 is 5.32 Å². The Balaban J connectivity index is 1.68. The van der Waals surface area contributed by atoms with Crippen LogP contribution in [0, 0.1) is 0 Å². The van der Waals surface area contributed by atoms with Gasteiger partial charge in [0.1, 0.15) is 0 Å². The number of aromatic nitrogens is 1. The summed E-state index contributed by atoms with van der Waals surface area (Å²) in [4.78, 5) is 26.9. The molecular weight excluding hydrogens is 318 g/mol. The summed E-state index contributed by atoms with van der Waals surface area (Å²) in [7, 11) is 0. The molecule has 1 aromatic heterocycles. The third kappa shape index (κ3) is 4.28. The van der Waals surface area contributed by atoms with E-state index < -0.39 is 0 Å². The third-order valence-electron chi connectivity index (χ3n) is 4.35. The average Bonchev–Trinajstić information content (AvgIpc) is 3.17. The number of carbonyl (C=O) groups is 2. The second-order valence-electron chi connectivity index (χ2n) is 6.18. The topological polar surface area (TPSA) is 63.6 Å². The van der Waals surface area contributed by atoms with Crippen LogP contribution >= 0.6 is 0 Å². The van der Waals surface area contributed by atoms with Gasteiger partial charge in [-0.25, -0.2) is 0 Å². The Bertz CT molecular complexity index is 721.